The first-order valence-electron chi connectivity index (χ1n) is 6.56. The van der Waals surface area contributed by atoms with E-state index in [9.17, 15) is 0 Å². The fourth-order valence-electron chi connectivity index (χ4n) is 2.54. The molecule has 0 N–H and O–H groups in total. The van der Waals surface area contributed by atoms with Crippen LogP contribution in [0.5, 0.6) is 0 Å². The van der Waals surface area contributed by atoms with Crippen molar-refractivity contribution in [2.45, 2.75) is 13.3 Å². The van der Waals surface area contributed by atoms with Gasteiger partial charge in [-0.25, -0.2) is 0 Å². The van der Waals surface area contributed by atoms with Crippen molar-refractivity contribution in [1.82, 2.24) is 0 Å². The predicted molar refractivity (Wildman–Crippen MR) is 90.9 cm³/mol. The zero-order valence-electron chi connectivity index (χ0n) is 11.2. The van der Waals surface area contributed by atoms with Gasteiger partial charge in [0, 0.05) is 9.50 Å². The van der Waals surface area contributed by atoms with Gasteiger partial charge in [-0.15, -0.1) is 0 Å². The molecule has 2 aromatic carbocycles. The Bertz CT molecular complexity index is 709. The van der Waals surface area contributed by atoms with E-state index in [1.807, 2.05) is 24.3 Å². The first-order valence-corrected chi connectivity index (χ1v) is 7.73. The maximum absolute atomic E-state index is 5.90. The van der Waals surface area contributed by atoms with Crippen molar-refractivity contribution in [3.63, 3.8) is 0 Å². The fourth-order valence-corrected chi connectivity index (χ4v) is 3.07. The summed E-state index contributed by atoms with van der Waals surface area (Å²) >= 11 is 9.44. The highest BCUT2D eigenvalue weighted by atomic mass is 79.9. The molecule has 100 valence electrons. The molecular formula is C18H14BrCl. The molecule has 3 rings (SSSR count). The molecule has 0 spiro atoms. The molecule has 0 nitrogen and oxygen atoms in total. The third kappa shape index (κ3) is 2.74. The summed E-state index contributed by atoms with van der Waals surface area (Å²) in [6, 6.07) is 14.4. The minimum absolute atomic E-state index is 0.774. The quantitative estimate of drug-likeness (QED) is 0.612. The summed E-state index contributed by atoms with van der Waals surface area (Å²) in [5.74, 6) is 0. The number of benzene rings is 2. The molecule has 0 unspecified atom stereocenters. The van der Waals surface area contributed by atoms with Crippen LogP contribution in [-0.2, 0) is 6.42 Å². The van der Waals surface area contributed by atoms with Gasteiger partial charge in [0.25, 0.3) is 0 Å². The lowest BCUT2D eigenvalue weighted by molar-refractivity contribution is 1.24. The van der Waals surface area contributed by atoms with Crippen molar-refractivity contribution < 1.29 is 0 Å². The lowest BCUT2D eigenvalue weighted by atomic mass is 10.1. The van der Waals surface area contributed by atoms with Crippen molar-refractivity contribution in [2.75, 3.05) is 0 Å². The Morgan fingerprint density at radius 3 is 2.55 bits per heavy atom. The van der Waals surface area contributed by atoms with Crippen LogP contribution in [0.1, 0.15) is 23.6 Å². The zero-order valence-corrected chi connectivity index (χ0v) is 13.5. The first kappa shape index (κ1) is 13.7. The molecule has 0 amide bonds. The largest absolute Gasteiger partial charge is 0.0843 e. The summed E-state index contributed by atoms with van der Waals surface area (Å²) in [6.45, 7) is 2.20. The van der Waals surface area contributed by atoms with Crippen LogP contribution in [0, 0.1) is 0 Å². The second kappa shape index (κ2) is 5.59. The Morgan fingerprint density at radius 2 is 1.80 bits per heavy atom. The normalized spacial score (nSPS) is 14.2. The van der Waals surface area contributed by atoms with Crippen molar-refractivity contribution >= 4 is 39.2 Å². The molecule has 0 bridgehead atoms. The molecule has 0 heterocycles. The molecule has 1 aliphatic rings. The highest BCUT2D eigenvalue weighted by Gasteiger charge is 2.16. The van der Waals surface area contributed by atoms with Crippen molar-refractivity contribution in [3.8, 4) is 0 Å². The Labute approximate surface area is 132 Å². The topological polar surface area (TPSA) is 0 Å². The van der Waals surface area contributed by atoms with Gasteiger partial charge in [-0.2, -0.15) is 0 Å². The first-order chi connectivity index (χ1) is 9.63. The average Bonchev–Trinajstić information content (AvgIpc) is 2.74. The van der Waals surface area contributed by atoms with Crippen molar-refractivity contribution in [2.24, 2.45) is 0 Å². The maximum atomic E-state index is 5.90. The van der Waals surface area contributed by atoms with E-state index in [1.54, 1.807) is 0 Å². The monoisotopic (exact) mass is 344 g/mol. The van der Waals surface area contributed by atoms with Crippen LogP contribution < -0.4 is 0 Å². The van der Waals surface area contributed by atoms with Crippen LogP contribution in [0.15, 0.2) is 58.6 Å². The minimum Gasteiger partial charge on any atom is -0.0843 e. The van der Waals surface area contributed by atoms with Gasteiger partial charge in [-0.1, -0.05) is 57.9 Å². The average molecular weight is 346 g/mol. The molecular weight excluding hydrogens is 332 g/mol. The standard InChI is InChI=1S/C18H14BrCl/c1-12-14(5-2-13-3-7-17(20)8-4-13)10-15-11-16(19)6-9-18(12)15/h2-9,11H,10H2,1H3/b5-2+. The third-order valence-corrected chi connectivity index (χ3v) is 4.43. The fraction of sp³-hybridized carbons (Fsp3) is 0.111. The third-order valence-electron chi connectivity index (χ3n) is 3.68. The number of rotatable bonds is 2. The van der Waals surface area contributed by atoms with Crippen LogP contribution in [0.4, 0.5) is 0 Å². The molecule has 0 aliphatic heterocycles. The van der Waals surface area contributed by atoms with Gasteiger partial charge in [0.2, 0.25) is 0 Å². The van der Waals surface area contributed by atoms with E-state index < -0.39 is 0 Å². The Kier molecular flexibility index (Phi) is 3.82. The van der Waals surface area contributed by atoms with E-state index in [1.165, 1.54) is 27.8 Å². The minimum atomic E-state index is 0.774. The summed E-state index contributed by atoms with van der Waals surface area (Å²) < 4.78 is 1.15. The van der Waals surface area contributed by atoms with E-state index in [4.69, 9.17) is 11.6 Å². The van der Waals surface area contributed by atoms with Crippen LogP contribution in [0.25, 0.3) is 11.6 Å². The van der Waals surface area contributed by atoms with Gasteiger partial charge in [0.15, 0.2) is 0 Å². The lowest BCUT2D eigenvalue weighted by Gasteiger charge is -2.00. The Balaban J connectivity index is 1.86. The van der Waals surface area contributed by atoms with E-state index >= 15 is 0 Å². The number of hydrogen-bond acceptors (Lipinski definition) is 0. The number of fused-ring (bicyclic) bond motifs is 1. The molecule has 0 saturated carbocycles. The predicted octanol–water partition coefficient (Wildman–Crippen LogP) is 6.15. The molecule has 0 aromatic heterocycles. The van der Waals surface area contributed by atoms with Crippen molar-refractivity contribution in [1.29, 1.82) is 0 Å². The van der Waals surface area contributed by atoms with Crippen LogP contribution >= 0.6 is 27.5 Å². The van der Waals surface area contributed by atoms with Gasteiger partial charge in [-0.3, -0.25) is 0 Å². The molecule has 20 heavy (non-hydrogen) atoms. The van der Waals surface area contributed by atoms with Gasteiger partial charge in [-0.05, 0) is 65.4 Å². The summed E-state index contributed by atoms with van der Waals surface area (Å²) in [4.78, 5) is 0. The van der Waals surface area contributed by atoms with Crippen molar-refractivity contribution in [3.05, 3.63) is 80.3 Å². The van der Waals surface area contributed by atoms with Gasteiger partial charge < -0.3 is 0 Å². The van der Waals surface area contributed by atoms with Crippen LogP contribution in [0.3, 0.4) is 0 Å². The highest BCUT2D eigenvalue weighted by molar-refractivity contribution is 9.10. The van der Waals surface area contributed by atoms with E-state index in [2.05, 4.69) is 53.2 Å². The summed E-state index contributed by atoms with van der Waals surface area (Å²) in [5.41, 5.74) is 6.69. The van der Waals surface area contributed by atoms with E-state index in [-0.39, 0.29) is 0 Å². The van der Waals surface area contributed by atoms with Gasteiger partial charge >= 0.3 is 0 Å². The smallest absolute Gasteiger partial charge is 0.0406 e. The molecule has 0 atom stereocenters. The molecule has 0 saturated heterocycles. The van der Waals surface area contributed by atoms with Crippen LogP contribution in [0.2, 0.25) is 5.02 Å². The number of hydrogen-bond donors (Lipinski definition) is 0. The van der Waals surface area contributed by atoms with Gasteiger partial charge in [0.05, 0.1) is 0 Å². The molecule has 2 heteroatoms. The van der Waals surface area contributed by atoms with E-state index in [0.29, 0.717) is 0 Å². The highest BCUT2D eigenvalue weighted by Crippen LogP contribution is 2.34. The molecule has 2 aromatic rings. The number of halogens is 2. The second-order valence-corrected chi connectivity index (χ2v) is 6.37. The molecule has 0 radical (unpaired) electrons. The summed E-state index contributed by atoms with van der Waals surface area (Å²) in [7, 11) is 0. The van der Waals surface area contributed by atoms with E-state index in [0.717, 1.165) is 15.9 Å². The SMILES string of the molecule is CC1=C(/C=C/c2ccc(Cl)cc2)Cc2cc(Br)ccc21. The zero-order chi connectivity index (χ0) is 14.1. The summed E-state index contributed by atoms with van der Waals surface area (Å²) in [6.07, 6.45) is 5.37. The molecule has 1 aliphatic carbocycles. The lowest BCUT2D eigenvalue weighted by Crippen LogP contribution is -1.82. The maximum Gasteiger partial charge on any atom is 0.0406 e. The summed E-state index contributed by atoms with van der Waals surface area (Å²) in [5, 5.41) is 0.774. The van der Waals surface area contributed by atoms with Gasteiger partial charge in [0.1, 0.15) is 0 Å². The Morgan fingerprint density at radius 1 is 1.05 bits per heavy atom. The molecule has 0 fully saturated rings. The van der Waals surface area contributed by atoms with Crippen LogP contribution in [-0.4, -0.2) is 0 Å². The Hall–Kier alpha value is -1.31. The number of allylic oxidation sites excluding steroid dienone is 3. The second-order valence-electron chi connectivity index (χ2n) is 5.01.